The molecule has 0 radical (unpaired) electrons. The number of ether oxygens (including phenoxy) is 2. The molecule has 7 nitrogen and oxygen atoms in total. The summed E-state index contributed by atoms with van der Waals surface area (Å²) in [6.45, 7) is 3.47. The van der Waals surface area contributed by atoms with Gasteiger partial charge in [0.15, 0.2) is 11.5 Å². The Labute approximate surface area is 144 Å². The highest BCUT2D eigenvalue weighted by Crippen LogP contribution is 2.33. The van der Waals surface area contributed by atoms with Gasteiger partial charge in [-0.25, -0.2) is 4.98 Å². The lowest BCUT2D eigenvalue weighted by atomic mass is 10.2. The molecule has 0 aliphatic carbocycles. The van der Waals surface area contributed by atoms with Crippen LogP contribution in [0.1, 0.15) is 24.3 Å². The van der Waals surface area contributed by atoms with Gasteiger partial charge in [0.05, 0.1) is 14.2 Å². The van der Waals surface area contributed by atoms with Gasteiger partial charge in [-0.05, 0) is 18.2 Å². The minimum absolute atomic E-state index is 0.219. The van der Waals surface area contributed by atoms with Crippen molar-refractivity contribution in [2.75, 3.05) is 14.2 Å². The Balaban J connectivity index is 2.13. The van der Waals surface area contributed by atoms with Gasteiger partial charge in [-0.3, -0.25) is 20.4 Å². The fraction of sp³-hybridized carbons (Fsp3) is 0.312. The average molecular weight is 349 g/mol. The summed E-state index contributed by atoms with van der Waals surface area (Å²) in [4.78, 5) is 27.8. The number of methoxy groups -OCH3 is 2. The molecule has 0 saturated carbocycles. The second-order valence-corrected chi connectivity index (χ2v) is 6.06. The van der Waals surface area contributed by atoms with Crippen molar-refractivity contribution in [3.8, 4) is 22.1 Å². The SMILES string of the molecule is COc1ccc(-c2nc(C(=O)NNC(=O)C(C)C)cs2)cc1OC. The molecule has 2 rings (SSSR count). The smallest absolute Gasteiger partial charge is 0.289 e. The van der Waals surface area contributed by atoms with E-state index in [9.17, 15) is 9.59 Å². The van der Waals surface area contributed by atoms with Crippen LogP contribution in [0.25, 0.3) is 10.6 Å². The molecule has 0 bridgehead atoms. The van der Waals surface area contributed by atoms with E-state index in [0.717, 1.165) is 5.56 Å². The summed E-state index contributed by atoms with van der Waals surface area (Å²) < 4.78 is 10.5. The molecule has 2 aromatic rings. The van der Waals surface area contributed by atoms with Crippen molar-refractivity contribution in [3.05, 3.63) is 29.3 Å². The molecular formula is C16H19N3O4S. The zero-order valence-electron chi connectivity index (χ0n) is 13.9. The Bertz CT molecular complexity index is 743. The van der Waals surface area contributed by atoms with Gasteiger partial charge in [0, 0.05) is 16.9 Å². The van der Waals surface area contributed by atoms with Crippen LogP contribution in [-0.2, 0) is 4.79 Å². The van der Waals surface area contributed by atoms with Gasteiger partial charge >= 0.3 is 0 Å². The molecule has 1 aromatic carbocycles. The monoisotopic (exact) mass is 349 g/mol. The third-order valence-electron chi connectivity index (χ3n) is 3.19. The Morgan fingerprint density at radius 3 is 2.46 bits per heavy atom. The first-order chi connectivity index (χ1) is 11.5. The summed E-state index contributed by atoms with van der Waals surface area (Å²) in [6.07, 6.45) is 0. The second kappa shape index (κ2) is 7.78. The number of carbonyl (C=O) groups is 2. The first-order valence-electron chi connectivity index (χ1n) is 7.24. The molecule has 128 valence electrons. The number of nitrogens with zero attached hydrogens (tertiary/aromatic N) is 1. The van der Waals surface area contributed by atoms with Crippen LogP contribution < -0.4 is 20.3 Å². The van der Waals surface area contributed by atoms with Crippen LogP contribution >= 0.6 is 11.3 Å². The zero-order valence-corrected chi connectivity index (χ0v) is 14.7. The average Bonchev–Trinajstić information content (AvgIpc) is 3.08. The van der Waals surface area contributed by atoms with Crippen molar-refractivity contribution < 1.29 is 19.1 Å². The molecule has 0 aliphatic rings. The lowest BCUT2D eigenvalue weighted by molar-refractivity contribution is -0.124. The highest BCUT2D eigenvalue weighted by Gasteiger charge is 2.15. The van der Waals surface area contributed by atoms with Crippen molar-refractivity contribution in [2.24, 2.45) is 5.92 Å². The minimum atomic E-state index is -0.466. The maximum Gasteiger partial charge on any atom is 0.289 e. The van der Waals surface area contributed by atoms with Gasteiger partial charge in [0.25, 0.3) is 5.91 Å². The van der Waals surface area contributed by atoms with E-state index in [4.69, 9.17) is 9.47 Å². The lowest BCUT2D eigenvalue weighted by Crippen LogP contribution is -2.43. The van der Waals surface area contributed by atoms with Crippen molar-refractivity contribution in [1.29, 1.82) is 0 Å². The Morgan fingerprint density at radius 2 is 1.83 bits per heavy atom. The number of carbonyl (C=O) groups excluding carboxylic acids is 2. The molecule has 8 heteroatoms. The van der Waals surface area contributed by atoms with Crippen LogP contribution in [0.2, 0.25) is 0 Å². The van der Waals surface area contributed by atoms with E-state index in [0.29, 0.717) is 16.5 Å². The van der Waals surface area contributed by atoms with E-state index in [1.165, 1.54) is 11.3 Å². The van der Waals surface area contributed by atoms with E-state index in [2.05, 4.69) is 15.8 Å². The summed E-state index contributed by atoms with van der Waals surface area (Å²) in [5, 5.41) is 2.29. The topological polar surface area (TPSA) is 89.5 Å². The largest absolute Gasteiger partial charge is 0.493 e. The molecule has 0 unspecified atom stereocenters. The zero-order chi connectivity index (χ0) is 17.7. The van der Waals surface area contributed by atoms with Crippen molar-refractivity contribution >= 4 is 23.2 Å². The quantitative estimate of drug-likeness (QED) is 0.808. The number of benzene rings is 1. The summed E-state index contributed by atoms with van der Waals surface area (Å²) in [7, 11) is 3.12. The molecule has 0 aliphatic heterocycles. The predicted molar refractivity (Wildman–Crippen MR) is 91.1 cm³/mol. The third kappa shape index (κ3) is 4.02. The van der Waals surface area contributed by atoms with E-state index >= 15 is 0 Å². The fourth-order valence-corrected chi connectivity index (χ4v) is 2.60. The fourth-order valence-electron chi connectivity index (χ4n) is 1.81. The number of thiazole rings is 1. The summed E-state index contributed by atoms with van der Waals surface area (Å²) in [6, 6.07) is 5.40. The van der Waals surface area contributed by atoms with Crippen molar-refractivity contribution in [3.63, 3.8) is 0 Å². The van der Waals surface area contributed by atoms with Crippen LogP contribution in [0.5, 0.6) is 11.5 Å². The van der Waals surface area contributed by atoms with Crippen LogP contribution in [0.4, 0.5) is 0 Å². The maximum atomic E-state index is 12.0. The molecule has 1 aromatic heterocycles. The highest BCUT2D eigenvalue weighted by molar-refractivity contribution is 7.13. The van der Waals surface area contributed by atoms with Gasteiger partial charge in [-0.2, -0.15) is 0 Å². The van der Waals surface area contributed by atoms with Gasteiger partial charge in [-0.15, -0.1) is 11.3 Å². The first kappa shape index (κ1) is 17.7. The number of aromatic nitrogens is 1. The summed E-state index contributed by atoms with van der Waals surface area (Å²) >= 11 is 1.32. The number of nitrogens with one attached hydrogen (secondary N) is 2. The number of rotatable bonds is 5. The van der Waals surface area contributed by atoms with Crippen LogP contribution in [0.3, 0.4) is 0 Å². The molecule has 2 N–H and O–H groups in total. The summed E-state index contributed by atoms with van der Waals surface area (Å²) in [5.74, 6) is 0.251. The van der Waals surface area contributed by atoms with E-state index in [1.54, 1.807) is 45.6 Å². The van der Waals surface area contributed by atoms with Crippen molar-refractivity contribution in [1.82, 2.24) is 15.8 Å². The number of amides is 2. The maximum absolute atomic E-state index is 12.0. The first-order valence-corrected chi connectivity index (χ1v) is 8.12. The molecule has 0 fully saturated rings. The minimum Gasteiger partial charge on any atom is -0.493 e. The molecule has 0 saturated heterocycles. The Morgan fingerprint density at radius 1 is 1.12 bits per heavy atom. The lowest BCUT2D eigenvalue weighted by Gasteiger charge is -2.08. The standard InChI is InChI=1S/C16H19N3O4S/c1-9(2)14(20)18-19-15(21)11-8-24-16(17-11)10-5-6-12(22-3)13(7-10)23-4/h5-9H,1-4H3,(H,18,20)(H,19,21). The van der Waals surface area contributed by atoms with Gasteiger partial charge < -0.3 is 9.47 Å². The number of hydrogen-bond donors (Lipinski definition) is 2. The van der Waals surface area contributed by atoms with E-state index in [-0.39, 0.29) is 17.5 Å². The highest BCUT2D eigenvalue weighted by atomic mass is 32.1. The number of hydrogen-bond acceptors (Lipinski definition) is 6. The summed E-state index contributed by atoms with van der Waals surface area (Å²) in [5.41, 5.74) is 5.74. The van der Waals surface area contributed by atoms with E-state index in [1.807, 2.05) is 6.07 Å². The van der Waals surface area contributed by atoms with Gasteiger partial charge in [0.2, 0.25) is 5.91 Å². The van der Waals surface area contributed by atoms with Gasteiger partial charge in [-0.1, -0.05) is 13.8 Å². The Hall–Kier alpha value is -2.61. The third-order valence-corrected chi connectivity index (χ3v) is 4.08. The van der Waals surface area contributed by atoms with Crippen LogP contribution in [0, 0.1) is 5.92 Å². The van der Waals surface area contributed by atoms with Crippen LogP contribution in [-0.4, -0.2) is 31.0 Å². The predicted octanol–water partition coefficient (Wildman–Crippen LogP) is 2.24. The molecule has 2 amide bonds. The molecular weight excluding hydrogens is 330 g/mol. The second-order valence-electron chi connectivity index (χ2n) is 5.21. The molecule has 0 atom stereocenters. The molecule has 24 heavy (non-hydrogen) atoms. The normalized spacial score (nSPS) is 10.4. The van der Waals surface area contributed by atoms with Crippen molar-refractivity contribution in [2.45, 2.75) is 13.8 Å². The Kier molecular flexibility index (Phi) is 5.75. The molecule has 0 spiro atoms. The van der Waals surface area contributed by atoms with Crippen LogP contribution in [0.15, 0.2) is 23.6 Å². The number of hydrazine groups is 1. The van der Waals surface area contributed by atoms with Gasteiger partial charge in [0.1, 0.15) is 10.7 Å². The van der Waals surface area contributed by atoms with E-state index < -0.39 is 5.91 Å². The molecule has 1 heterocycles.